The Morgan fingerprint density at radius 2 is 1.80 bits per heavy atom. The summed E-state index contributed by atoms with van der Waals surface area (Å²) in [6.45, 7) is 0. The van der Waals surface area contributed by atoms with Crippen molar-refractivity contribution in [2.24, 2.45) is 0 Å². The highest BCUT2D eigenvalue weighted by atomic mass is 16.1. The van der Waals surface area contributed by atoms with E-state index in [4.69, 9.17) is 0 Å². The quantitative estimate of drug-likeness (QED) is 0.559. The fourth-order valence-corrected chi connectivity index (χ4v) is 1.87. The molecule has 0 fully saturated rings. The van der Waals surface area contributed by atoms with E-state index < -0.39 is 0 Å². The maximum Gasteiger partial charge on any atom is 0.272 e. The predicted molar refractivity (Wildman–Crippen MR) is 59.9 cm³/mol. The monoisotopic (exact) mass is 196 g/mol. The molecule has 3 nitrogen and oxygen atoms in total. The topological polar surface area (TPSA) is 45.8 Å². The molecule has 3 aromatic rings. The molecule has 3 heteroatoms. The number of hydrogen-bond acceptors (Lipinski definition) is 2. The minimum Gasteiger partial charge on any atom is -0.267 e. The summed E-state index contributed by atoms with van der Waals surface area (Å²) in [5.74, 6) is 0. The fraction of sp³-hybridized carbons (Fsp3) is 0. The molecule has 0 spiro atoms. The summed E-state index contributed by atoms with van der Waals surface area (Å²) in [6.07, 6.45) is 1.67. The summed E-state index contributed by atoms with van der Waals surface area (Å²) in [5.41, 5.74) is -0.135. The summed E-state index contributed by atoms with van der Waals surface area (Å²) < 4.78 is 0. The van der Waals surface area contributed by atoms with Gasteiger partial charge in [0.2, 0.25) is 0 Å². The zero-order valence-corrected chi connectivity index (χ0v) is 7.90. The molecule has 0 bridgehead atoms. The van der Waals surface area contributed by atoms with Crippen LogP contribution in [0.15, 0.2) is 47.4 Å². The minimum absolute atomic E-state index is 0.135. The van der Waals surface area contributed by atoms with Crippen LogP contribution in [0.1, 0.15) is 0 Å². The van der Waals surface area contributed by atoms with Crippen LogP contribution in [0.5, 0.6) is 0 Å². The summed E-state index contributed by atoms with van der Waals surface area (Å²) in [7, 11) is 0. The molecule has 1 heterocycles. The number of nitrogens with one attached hydrogen (secondary N) is 1. The highest BCUT2D eigenvalue weighted by Gasteiger charge is 2.02. The van der Waals surface area contributed by atoms with Gasteiger partial charge in [0, 0.05) is 5.39 Å². The van der Waals surface area contributed by atoms with E-state index in [1.807, 2.05) is 36.4 Å². The molecule has 72 valence electrons. The van der Waals surface area contributed by atoms with Gasteiger partial charge in [-0.15, -0.1) is 0 Å². The Morgan fingerprint density at radius 3 is 2.73 bits per heavy atom. The van der Waals surface area contributed by atoms with E-state index in [-0.39, 0.29) is 5.56 Å². The second kappa shape index (κ2) is 2.92. The van der Waals surface area contributed by atoms with Gasteiger partial charge in [0.25, 0.3) is 5.56 Å². The number of fused-ring (bicyclic) bond motifs is 3. The van der Waals surface area contributed by atoms with Crippen molar-refractivity contribution < 1.29 is 0 Å². The third-order valence-corrected chi connectivity index (χ3v) is 2.56. The molecule has 15 heavy (non-hydrogen) atoms. The second-order valence-corrected chi connectivity index (χ2v) is 3.45. The number of nitrogens with zero attached hydrogens (tertiary/aromatic N) is 1. The van der Waals surface area contributed by atoms with Crippen LogP contribution >= 0.6 is 0 Å². The van der Waals surface area contributed by atoms with Crippen LogP contribution in [0, 0.1) is 0 Å². The molecule has 0 unspecified atom stereocenters. The fourth-order valence-electron chi connectivity index (χ4n) is 1.87. The van der Waals surface area contributed by atoms with Crippen molar-refractivity contribution in [2.45, 2.75) is 0 Å². The van der Waals surface area contributed by atoms with Gasteiger partial charge in [-0.3, -0.25) is 4.79 Å². The molecule has 0 saturated carbocycles. The number of rotatable bonds is 0. The SMILES string of the molecule is O=c1[nH]ncc2ccc3ccccc3c12. The first-order valence-electron chi connectivity index (χ1n) is 4.71. The average Bonchev–Trinajstić information content (AvgIpc) is 2.29. The van der Waals surface area contributed by atoms with Crippen molar-refractivity contribution in [3.63, 3.8) is 0 Å². The van der Waals surface area contributed by atoms with Crippen molar-refractivity contribution in [1.29, 1.82) is 0 Å². The molecule has 1 N–H and O–H groups in total. The lowest BCUT2D eigenvalue weighted by molar-refractivity contribution is 1.01. The third kappa shape index (κ3) is 1.13. The molecular formula is C12H8N2O. The van der Waals surface area contributed by atoms with Gasteiger partial charge in [0.1, 0.15) is 0 Å². The van der Waals surface area contributed by atoms with Gasteiger partial charge in [-0.2, -0.15) is 5.10 Å². The van der Waals surface area contributed by atoms with Crippen molar-refractivity contribution in [3.05, 3.63) is 52.9 Å². The van der Waals surface area contributed by atoms with Gasteiger partial charge in [0.15, 0.2) is 0 Å². The molecule has 0 aliphatic rings. The van der Waals surface area contributed by atoms with Gasteiger partial charge < -0.3 is 0 Å². The maximum absolute atomic E-state index is 11.7. The molecule has 0 saturated heterocycles. The number of aromatic nitrogens is 2. The first-order valence-corrected chi connectivity index (χ1v) is 4.71. The van der Waals surface area contributed by atoms with E-state index in [2.05, 4.69) is 10.2 Å². The van der Waals surface area contributed by atoms with Gasteiger partial charge in [0.05, 0.1) is 11.6 Å². The Bertz CT molecular complexity index is 700. The van der Waals surface area contributed by atoms with Crippen molar-refractivity contribution in [3.8, 4) is 0 Å². The lowest BCUT2D eigenvalue weighted by Gasteiger charge is -2.01. The van der Waals surface area contributed by atoms with Crippen LogP contribution in [0.25, 0.3) is 21.5 Å². The Balaban J connectivity index is 2.70. The lowest BCUT2D eigenvalue weighted by atomic mass is 10.0. The Labute approximate surface area is 85.4 Å². The molecule has 0 aliphatic carbocycles. The number of hydrogen-bond donors (Lipinski definition) is 1. The van der Waals surface area contributed by atoms with E-state index in [1.54, 1.807) is 6.20 Å². The summed E-state index contributed by atoms with van der Waals surface area (Å²) >= 11 is 0. The first-order chi connectivity index (χ1) is 7.36. The zero-order chi connectivity index (χ0) is 10.3. The van der Waals surface area contributed by atoms with E-state index >= 15 is 0 Å². The first kappa shape index (κ1) is 8.17. The Kier molecular flexibility index (Phi) is 1.59. The highest BCUT2D eigenvalue weighted by molar-refractivity contribution is 6.06. The molecule has 0 atom stereocenters. The Hall–Kier alpha value is -2.16. The van der Waals surface area contributed by atoms with E-state index in [9.17, 15) is 4.79 Å². The minimum atomic E-state index is -0.135. The Morgan fingerprint density at radius 1 is 1.00 bits per heavy atom. The van der Waals surface area contributed by atoms with Crippen LogP contribution in [-0.4, -0.2) is 10.2 Å². The lowest BCUT2D eigenvalue weighted by Crippen LogP contribution is -2.07. The van der Waals surface area contributed by atoms with E-state index in [0.29, 0.717) is 5.39 Å². The number of aromatic amines is 1. The van der Waals surface area contributed by atoms with Crippen molar-refractivity contribution in [1.82, 2.24) is 10.2 Å². The van der Waals surface area contributed by atoms with E-state index in [1.165, 1.54) is 0 Å². The summed E-state index contributed by atoms with van der Waals surface area (Å²) in [5, 5.41) is 9.87. The smallest absolute Gasteiger partial charge is 0.267 e. The molecule has 2 aromatic carbocycles. The molecule has 0 amide bonds. The van der Waals surface area contributed by atoms with Gasteiger partial charge >= 0.3 is 0 Å². The summed E-state index contributed by atoms with van der Waals surface area (Å²) in [4.78, 5) is 11.7. The highest BCUT2D eigenvalue weighted by Crippen LogP contribution is 2.20. The van der Waals surface area contributed by atoms with Crippen LogP contribution in [0.2, 0.25) is 0 Å². The second-order valence-electron chi connectivity index (χ2n) is 3.45. The van der Waals surface area contributed by atoms with Crippen LogP contribution in [0.3, 0.4) is 0 Å². The molecule has 3 rings (SSSR count). The van der Waals surface area contributed by atoms with Crippen LogP contribution in [-0.2, 0) is 0 Å². The molecule has 1 aromatic heterocycles. The largest absolute Gasteiger partial charge is 0.272 e. The van der Waals surface area contributed by atoms with Gasteiger partial charge in [-0.05, 0) is 10.8 Å². The normalized spacial score (nSPS) is 10.9. The standard InChI is InChI=1S/C12H8N2O/c15-12-11-9(7-13-14-12)6-5-8-3-1-2-4-10(8)11/h1-7H,(H,14,15). The van der Waals surface area contributed by atoms with Gasteiger partial charge in [-0.1, -0.05) is 36.4 Å². The van der Waals surface area contributed by atoms with Gasteiger partial charge in [-0.25, -0.2) is 5.10 Å². The van der Waals surface area contributed by atoms with Crippen LogP contribution < -0.4 is 5.56 Å². The van der Waals surface area contributed by atoms with Crippen molar-refractivity contribution in [2.75, 3.05) is 0 Å². The zero-order valence-electron chi connectivity index (χ0n) is 7.90. The van der Waals surface area contributed by atoms with Crippen LogP contribution in [0.4, 0.5) is 0 Å². The molecule has 0 aliphatic heterocycles. The number of H-pyrrole nitrogens is 1. The van der Waals surface area contributed by atoms with Crippen molar-refractivity contribution >= 4 is 21.5 Å². The third-order valence-electron chi connectivity index (χ3n) is 2.56. The molecule has 0 radical (unpaired) electrons. The number of benzene rings is 2. The molecular weight excluding hydrogens is 188 g/mol. The maximum atomic E-state index is 11.7. The van der Waals surface area contributed by atoms with E-state index in [0.717, 1.165) is 16.2 Å². The summed E-state index contributed by atoms with van der Waals surface area (Å²) in [6, 6.07) is 11.8. The average molecular weight is 196 g/mol. The predicted octanol–water partition coefficient (Wildman–Crippen LogP) is 2.08.